The van der Waals surface area contributed by atoms with Crippen molar-refractivity contribution in [3.63, 3.8) is 0 Å². The van der Waals surface area contributed by atoms with E-state index in [4.69, 9.17) is 14.2 Å². The third kappa shape index (κ3) is 49.3. The molecule has 0 saturated carbocycles. The molecule has 0 rings (SSSR count). The summed E-state index contributed by atoms with van der Waals surface area (Å²) in [7, 11) is 0. The van der Waals surface area contributed by atoms with Crippen LogP contribution in [-0.2, 0) is 28.6 Å². The first kappa shape index (κ1) is 59.4. The fourth-order valence-electron chi connectivity index (χ4n) is 8.34. The highest BCUT2D eigenvalue weighted by atomic mass is 16.6. The molecule has 1 atom stereocenters. The van der Waals surface area contributed by atoms with Gasteiger partial charge in [0.25, 0.3) is 0 Å². The van der Waals surface area contributed by atoms with Gasteiger partial charge in [-0.25, -0.2) is 0 Å². The van der Waals surface area contributed by atoms with Crippen LogP contribution >= 0.6 is 0 Å². The van der Waals surface area contributed by atoms with Gasteiger partial charge in [-0.3, -0.25) is 14.4 Å². The Morgan fingerprint density at radius 1 is 0.311 bits per heavy atom. The molecule has 0 radical (unpaired) electrons. The predicted octanol–water partition coefficient (Wildman–Crippen LogP) is 17.7. The zero-order valence-corrected chi connectivity index (χ0v) is 41.8. The Hall–Kier alpha value is -1.59. The Morgan fingerprint density at radius 2 is 0.541 bits per heavy atom. The maximum Gasteiger partial charge on any atom is 0.306 e. The second-order valence-corrected chi connectivity index (χ2v) is 19.8. The van der Waals surface area contributed by atoms with Gasteiger partial charge in [0.2, 0.25) is 0 Å². The SMILES string of the molecule is CCCCCCCCCCCCCCCCCCCCCC(=O)O[C@@H](COC(=O)CCCCCCCCCCCCCC(C)C)COC(=O)CCCCCCCCCC(C)C. The van der Waals surface area contributed by atoms with Crippen LogP contribution in [0, 0.1) is 11.8 Å². The minimum absolute atomic E-state index is 0.0642. The Morgan fingerprint density at radius 3 is 0.803 bits per heavy atom. The number of ether oxygens (including phenoxy) is 3. The molecule has 362 valence electrons. The summed E-state index contributed by atoms with van der Waals surface area (Å²) in [5.74, 6) is 0.760. The summed E-state index contributed by atoms with van der Waals surface area (Å²) in [6.07, 6.45) is 49.6. The third-order valence-corrected chi connectivity index (χ3v) is 12.5. The lowest BCUT2D eigenvalue weighted by atomic mass is 10.0. The predicted molar refractivity (Wildman–Crippen MR) is 261 cm³/mol. The number of unbranched alkanes of at least 4 members (excludes halogenated alkanes) is 34. The topological polar surface area (TPSA) is 78.9 Å². The number of esters is 3. The van der Waals surface area contributed by atoms with E-state index < -0.39 is 6.10 Å². The summed E-state index contributed by atoms with van der Waals surface area (Å²) >= 11 is 0. The number of hydrogen-bond acceptors (Lipinski definition) is 6. The fraction of sp³-hybridized carbons (Fsp3) is 0.945. The summed E-state index contributed by atoms with van der Waals surface area (Å²) in [5.41, 5.74) is 0. The van der Waals surface area contributed by atoms with Crippen molar-refractivity contribution in [2.75, 3.05) is 13.2 Å². The summed E-state index contributed by atoms with van der Waals surface area (Å²) < 4.78 is 16.8. The molecule has 0 aliphatic rings. The normalized spacial score (nSPS) is 12.0. The van der Waals surface area contributed by atoms with Crippen LogP contribution in [0.15, 0.2) is 0 Å². The molecule has 0 fully saturated rings. The van der Waals surface area contributed by atoms with Gasteiger partial charge in [-0.15, -0.1) is 0 Å². The van der Waals surface area contributed by atoms with Crippen LogP contribution in [0.4, 0.5) is 0 Å². The summed E-state index contributed by atoms with van der Waals surface area (Å²) in [6, 6.07) is 0. The summed E-state index contributed by atoms with van der Waals surface area (Å²) in [4.78, 5) is 38.0. The van der Waals surface area contributed by atoms with Gasteiger partial charge >= 0.3 is 17.9 Å². The zero-order chi connectivity index (χ0) is 44.7. The quantitative estimate of drug-likeness (QED) is 0.0344. The van der Waals surface area contributed by atoms with Gasteiger partial charge in [-0.2, -0.15) is 0 Å². The van der Waals surface area contributed by atoms with Gasteiger partial charge in [0, 0.05) is 19.3 Å². The van der Waals surface area contributed by atoms with E-state index in [9.17, 15) is 14.4 Å². The van der Waals surface area contributed by atoms with Crippen LogP contribution in [0.25, 0.3) is 0 Å². The van der Waals surface area contributed by atoms with E-state index in [0.29, 0.717) is 19.3 Å². The highest BCUT2D eigenvalue weighted by Gasteiger charge is 2.19. The van der Waals surface area contributed by atoms with Crippen LogP contribution in [0.1, 0.15) is 304 Å². The van der Waals surface area contributed by atoms with Crippen LogP contribution in [0.3, 0.4) is 0 Å². The fourth-order valence-corrected chi connectivity index (χ4v) is 8.34. The molecule has 0 aliphatic heterocycles. The van der Waals surface area contributed by atoms with E-state index in [1.54, 1.807) is 0 Å². The molecule has 0 aromatic carbocycles. The first-order chi connectivity index (χ1) is 29.7. The average molecular weight is 863 g/mol. The summed E-state index contributed by atoms with van der Waals surface area (Å²) in [6.45, 7) is 11.3. The van der Waals surface area contributed by atoms with E-state index in [2.05, 4.69) is 34.6 Å². The highest BCUT2D eigenvalue weighted by Crippen LogP contribution is 2.18. The molecule has 0 unspecified atom stereocenters. The molecule has 0 spiro atoms. The molecule has 0 N–H and O–H groups in total. The van der Waals surface area contributed by atoms with Crippen LogP contribution in [-0.4, -0.2) is 37.2 Å². The third-order valence-electron chi connectivity index (χ3n) is 12.5. The minimum atomic E-state index is -0.762. The van der Waals surface area contributed by atoms with Crippen molar-refractivity contribution in [1.82, 2.24) is 0 Å². The molecule has 0 saturated heterocycles. The molecule has 6 heteroatoms. The van der Waals surface area contributed by atoms with Crippen molar-refractivity contribution in [2.24, 2.45) is 11.8 Å². The molecule has 0 heterocycles. The van der Waals surface area contributed by atoms with Crippen molar-refractivity contribution in [3.05, 3.63) is 0 Å². The van der Waals surface area contributed by atoms with Gasteiger partial charge in [-0.1, -0.05) is 266 Å². The molecule has 0 bridgehead atoms. The van der Waals surface area contributed by atoms with Crippen LogP contribution in [0.5, 0.6) is 0 Å². The van der Waals surface area contributed by atoms with Crippen molar-refractivity contribution in [2.45, 2.75) is 310 Å². The second kappa shape index (κ2) is 47.9. The van der Waals surface area contributed by atoms with Crippen molar-refractivity contribution >= 4 is 17.9 Å². The van der Waals surface area contributed by atoms with Gasteiger partial charge in [0.05, 0.1) is 0 Å². The lowest BCUT2D eigenvalue weighted by Crippen LogP contribution is -2.30. The second-order valence-electron chi connectivity index (χ2n) is 19.8. The van der Waals surface area contributed by atoms with E-state index in [1.165, 1.54) is 193 Å². The van der Waals surface area contributed by atoms with Crippen molar-refractivity contribution in [3.8, 4) is 0 Å². The number of carbonyl (C=O) groups is 3. The van der Waals surface area contributed by atoms with E-state index in [0.717, 1.165) is 69.6 Å². The highest BCUT2D eigenvalue weighted by molar-refractivity contribution is 5.71. The Kier molecular flexibility index (Phi) is 46.6. The van der Waals surface area contributed by atoms with E-state index in [-0.39, 0.29) is 31.1 Å². The van der Waals surface area contributed by atoms with Crippen LogP contribution < -0.4 is 0 Å². The van der Waals surface area contributed by atoms with Crippen molar-refractivity contribution < 1.29 is 28.6 Å². The lowest BCUT2D eigenvalue weighted by molar-refractivity contribution is -0.167. The standard InChI is InChI=1S/C55H106O6/c1-6-7-8-9-10-11-12-13-14-15-16-17-18-19-22-26-31-37-42-47-55(58)61-52(49-60-54(57)46-41-36-32-27-29-34-39-44-51(4)5)48-59-53(56)45-40-35-30-25-23-20-21-24-28-33-38-43-50(2)3/h50-52H,6-49H2,1-5H3/t52-/m0/s1. The smallest absolute Gasteiger partial charge is 0.306 e. The first-order valence-electron chi connectivity index (χ1n) is 27.2. The Balaban J connectivity index is 4.25. The van der Waals surface area contributed by atoms with Gasteiger partial charge in [0.15, 0.2) is 6.10 Å². The first-order valence-corrected chi connectivity index (χ1v) is 27.2. The lowest BCUT2D eigenvalue weighted by Gasteiger charge is -2.18. The molecule has 0 amide bonds. The van der Waals surface area contributed by atoms with E-state index >= 15 is 0 Å². The van der Waals surface area contributed by atoms with Gasteiger partial charge < -0.3 is 14.2 Å². The number of hydrogen-bond donors (Lipinski definition) is 0. The number of rotatable bonds is 49. The Bertz CT molecular complexity index is 931. The molecular weight excluding hydrogens is 757 g/mol. The molecule has 0 aliphatic carbocycles. The molecule has 0 aromatic heterocycles. The summed E-state index contributed by atoms with van der Waals surface area (Å²) in [5, 5.41) is 0. The van der Waals surface area contributed by atoms with Gasteiger partial charge in [0.1, 0.15) is 13.2 Å². The maximum absolute atomic E-state index is 12.8. The van der Waals surface area contributed by atoms with Crippen LogP contribution in [0.2, 0.25) is 0 Å². The Labute approximate surface area is 380 Å². The largest absolute Gasteiger partial charge is 0.462 e. The monoisotopic (exact) mass is 863 g/mol. The minimum Gasteiger partial charge on any atom is -0.462 e. The molecule has 0 aromatic rings. The molecule has 6 nitrogen and oxygen atoms in total. The maximum atomic E-state index is 12.8. The zero-order valence-electron chi connectivity index (χ0n) is 41.8. The van der Waals surface area contributed by atoms with Gasteiger partial charge in [-0.05, 0) is 31.1 Å². The molecular formula is C55H106O6. The number of carbonyl (C=O) groups excluding carboxylic acids is 3. The molecule has 61 heavy (non-hydrogen) atoms. The van der Waals surface area contributed by atoms with Crippen molar-refractivity contribution in [1.29, 1.82) is 0 Å². The average Bonchev–Trinajstić information content (AvgIpc) is 3.23. The van der Waals surface area contributed by atoms with E-state index in [1.807, 2.05) is 0 Å².